The fourth-order valence-corrected chi connectivity index (χ4v) is 4.33. The number of benzene rings is 3. The quantitative estimate of drug-likeness (QED) is 0.248. The minimum Gasteiger partial charge on any atom is -0.378 e. The number of fused-ring (bicyclic) bond motifs is 1. The van der Waals surface area contributed by atoms with Crippen molar-refractivity contribution in [1.29, 1.82) is 0 Å². The van der Waals surface area contributed by atoms with Crippen LogP contribution in [0.2, 0.25) is 5.02 Å². The Bertz CT molecular complexity index is 1590. The van der Waals surface area contributed by atoms with Crippen molar-refractivity contribution in [2.24, 2.45) is 0 Å². The van der Waals surface area contributed by atoms with Gasteiger partial charge in [0.25, 0.3) is 5.91 Å². The molecule has 39 heavy (non-hydrogen) atoms. The monoisotopic (exact) mass is 558 g/mol. The standard InChI is InChI=1S/C27H19ClF4N4O3/c28-20-4-1-16(11-19(20)27(30,31)32)26(38)34-17-3-5-21(29)18(13-17)25(37)15-2-6-22-23(12-15)35-24(14-33-22)36-7-9-39-10-8-36/h1-6,11-14H,7-10H2,(H,34,38). The van der Waals surface area contributed by atoms with E-state index in [4.69, 9.17) is 16.3 Å². The van der Waals surface area contributed by atoms with E-state index in [0.29, 0.717) is 49.2 Å². The molecule has 3 aromatic carbocycles. The van der Waals surface area contributed by atoms with Crippen LogP contribution in [-0.4, -0.2) is 48.0 Å². The third-order valence-electron chi connectivity index (χ3n) is 6.13. The number of nitrogens with one attached hydrogen (secondary N) is 1. The van der Waals surface area contributed by atoms with Crippen LogP contribution in [0, 0.1) is 5.82 Å². The highest BCUT2D eigenvalue weighted by Crippen LogP contribution is 2.35. The molecular formula is C27H19ClF4N4O3. The van der Waals surface area contributed by atoms with Crippen LogP contribution in [0.25, 0.3) is 11.0 Å². The van der Waals surface area contributed by atoms with Gasteiger partial charge in [0, 0.05) is 29.9 Å². The number of nitrogens with zero attached hydrogens (tertiary/aromatic N) is 3. The van der Waals surface area contributed by atoms with Crippen molar-refractivity contribution in [1.82, 2.24) is 9.97 Å². The lowest BCUT2D eigenvalue weighted by Gasteiger charge is -2.27. The number of amides is 1. The first-order valence-corrected chi connectivity index (χ1v) is 12.1. The van der Waals surface area contributed by atoms with Crippen molar-refractivity contribution in [3.8, 4) is 0 Å². The molecule has 2 heterocycles. The van der Waals surface area contributed by atoms with Crippen LogP contribution in [0.4, 0.5) is 29.1 Å². The van der Waals surface area contributed by atoms with E-state index in [2.05, 4.69) is 15.3 Å². The average Bonchev–Trinajstić information content (AvgIpc) is 2.93. The Morgan fingerprint density at radius 1 is 0.949 bits per heavy atom. The molecule has 0 spiro atoms. The Morgan fingerprint density at radius 3 is 2.44 bits per heavy atom. The van der Waals surface area contributed by atoms with Gasteiger partial charge < -0.3 is 15.0 Å². The summed E-state index contributed by atoms with van der Waals surface area (Å²) in [5.74, 6) is -1.77. The zero-order chi connectivity index (χ0) is 27.7. The van der Waals surface area contributed by atoms with Crippen molar-refractivity contribution in [3.05, 3.63) is 93.9 Å². The Kier molecular flexibility index (Phi) is 7.19. The number of rotatable bonds is 5. The number of carbonyl (C=O) groups is 2. The van der Waals surface area contributed by atoms with E-state index in [1.54, 1.807) is 12.3 Å². The summed E-state index contributed by atoms with van der Waals surface area (Å²) in [6, 6.07) is 10.6. The number of hydrogen-bond donors (Lipinski definition) is 1. The first-order chi connectivity index (χ1) is 18.6. The largest absolute Gasteiger partial charge is 0.417 e. The second kappa shape index (κ2) is 10.6. The molecule has 5 rings (SSSR count). The number of carbonyl (C=O) groups excluding carboxylic acids is 2. The SMILES string of the molecule is O=C(Nc1ccc(F)c(C(=O)c2ccc3ncc(N4CCOCC4)nc3c2)c1)c1ccc(Cl)c(C(F)(F)F)c1. The van der Waals surface area contributed by atoms with Gasteiger partial charge in [0.2, 0.25) is 0 Å². The van der Waals surface area contributed by atoms with Crippen LogP contribution < -0.4 is 10.2 Å². The maximum Gasteiger partial charge on any atom is 0.417 e. The van der Waals surface area contributed by atoms with Crippen molar-refractivity contribution in [2.75, 3.05) is 36.5 Å². The van der Waals surface area contributed by atoms with Crippen molar-refractivity contribution in [2.45, 2.75) is 6.18 Å². The van der Waals surface area contributed by atoms with Crippen LogP contribution in [0.1, 0.15) is 31.8 Å². The van der Waals surface area contributed by atoms with Gasteiger partial charge in [-0.05, 0) is 54.6 Å². The van der Waals surface area contributed by atoms with Gasteiger partial charge >= 0.3 is 6.18 Å². The van der Waals surface area contributed by atoms with E-state index in [9.17, 15) is 27.2 Å². The van der Waals surface area contributed by atoms with Crippen LogP contribution in [-0.2, 0) is 10.9 Å². The zero-order valence-corrected chi connectivity index (χ0v) is 20.8. The molecule has 1 aliphatic rings. The fraction of sp³-hybridized carbons (Fsp3) is 0.185. The van der Waals surface area contributed by atoms with E-state index in [0.717, 1.165) is 24.3 Å². The molecule has 0 saturated carbocycles. The first-order valence-electron chi connectivity index (χ1n) is 11.7. The van der Waals surface area contributed by atoms with Crippen LogP contribution in [0.5, 0.6) is 0 Å². The summed E-state index contributed by atoms with van der Waals surface area (Å²) < 4.78 is 59.6. The number of halogens is 5. The number of ether oxygens (including phenoxy) is 1. The molecule has 1 fully saturated rings. The summed E-state index contributed by atoms with van der Waals surface area (Å²) in [5, 5.41) is 1.85. The molecule has 0 bridgehead atoms. The molecule has 0 unspecified atom stereocenters. The number of alkyl halides is 3. The Hall–Kier alpha value is -4.09. The van der Waals surface area contributed by atoms with Crippen molar-refractivity contribution >= 4 is 45.8 Å². The molecule has 12 heteroatoms. The number of aromatic nitrogens is 2. The van der Waals surface area contributed by atoms with Gasteiger partial charge in [0.15, 0.2) is 5.78 Å². The maximum atomic E-state index is 14.7. The molecular weight excluding hydrogens is 540 g/mol. The third kappa shape index (κ3) is 5.69. The lowest BCUT2D eigenvalue weighted by atomic mass is 10.0. The van der Waals surface area contributed by atoms with Crippen LogP contribution >= 0.6 is 11.6 Å². The Morgan fingerprint density at radius 2 is 1.69 bits per heavy atom. The number of morpholine rings is 1. The summed E-state index contributed by atoms with van der Waals surface area (Å²) in [5.41, 5.74) is -0.661. The maximum absolute atomic E-state index is 14.7. The van der Waals surface area contributed by atoms with Gasteiger partial charge in [0.1, 0.15) is 11.6 Å². The van der Waals surface area contributed by atoms with Gasteiger partial charge in [-0.25, -0.2) is 9.37 Å². The number of hydrogen-bond acceptors (Lipinski definition) is 6. The van der Waals surface area contributed by atoms with Crippen molar-refractivity contribution in [3.63, 3.8) is 0 Å². The summed E-state index contributed by atoms with van der Waals surface area (Å²) in [4.78, 5) is 36.8. The van der Waals surface area contributed by atoms with Gasteiger partial charge in [-0.1, -0.05) is 11.6 Å². The van der Waals surface area contributed by atoms with Gasteiger partial charge in [0.05, 0.1) is 46.6 Å². The Labute approximate surface area is 224 Å². The van der Waals surface area contributed by atoms with Crippen LogP contribution in [0.3, 0.4) is 0 Å². The molecule has 0 aliphatic carbocycles. The normalized spacial score (nSPS) is 13.9. The third-order valence-corrected chi connectivity index (χ3v) is 6.46. The van der Waals surface area contributed by atoms with E-state index >= 15 is 0 Å². The molecule has 1 saturated heterocycles. The lowest BCUT2D eigenvalue weighted by Crippen LogP contribution is -2.36. The number of anilines is 2. The predicted octanol–water partition coefficient (Wildman–Crippen LogP) is 5.76. The molecule has 1 N–H and O–H groups in total. The highest BCUT2D eigenvalue weighted by Gasteiger charge is 2.34. The fourth-order valence-electron chi connectivity index (χ4n) is 4.11. The van der Waals surface area contributed by atoms with E-state index in [1.807, 2.05) is 4.90 Å². The predicted molar refractivity (Wildman–Crippen MR) is 137 cm³/mol. The molecule has 1 amide bonds. The summed E-state index contributed by atoms with van der Waals surface area (Å²) in [6.45, 7) is 2.42. The smallest absolute Gasteiger partial charge is 0.378 e. The topological polar surface area (TPSA) is 84.4 Å². The van der Waals surface area contributed by atoms with E-state index in [-0.39, 0.29) is 22.4 Å². The Balaban J connectivity index is 1.40. The summed E-state index contributed by atoms with van der Waals surface area (Å²) >= 11 is 5.61. The van der Waals surface area contributed by atoms with Crippen molar-refractivity contribution < 1.29 is 31.9 Å². The first kappa shape index (κ1) is 26.5. The van der Waals surface area contributed by atoms with E-state index < -0.39 is 34.3 Å². The van der Waals surface area contributed by atoms with Crippen LogP contribution in [0.15, 0.2) is 60.8 Å². The second-order valence-corrected chi connectivity index (χ2v) is 9.11. The highest BCUT2D eigenvalue weighted by molar-refractivity contribution is 6.31. The molecule has 200 valence electrons. The summed E-state index contributed by atoms with van der Waals surface area (Å²) in [6.07, 6.45) is -3.12. The van der Waals surface area contributed by atoms with Gasteiger partial charge in [-0.2, -0.15) is 13.2 Å². The average molecular weight is 559 g/mol. The molecule has 7 nitrogen and oxygen atoms in total. The van der Waals surface area contributed by atoms with Gasteiger partial charge in [-0.3, -0.25) is 14.6 Å². The molecule has 0 radical (unpaired) electrons. The van der Waals surface area contributed by atoms with E-state index in [1.165, 1.54) is 18.2 Å². The number of ketones is 1. The molecule has 1 aliphatic heterocycles. The highest BCUT2D eigenvalue weighted by atomic mass is 35.5. The zero-order valence-electron chi connectivity index (χ0n) is 20.1. The molecule has 1 aromatic heterocycles. The second-order valence-electron chi connectivity index (χ2n) is 8.70. The van der Waals surface area contributed by atoms with Gasteiger partial charge in [-0.15, -0.1) is 0 Å². The lowest BCUT2D eigenvalue weighted by molar-refractivity contribution is -0.137. The minimum atomic E-state index is -4.75. The summed E-state index contributed by atoms with van der Waals surface area (Å²) in [7, 11) is 0. The minimum absolute atomic E-state index is 0.0171. The molecule has 0 atom stereocenters. The molecule has 4 aromatic rings.